The van der Waals surface area contributed by atoms with Gasteiger partial charge in [0.1, 0.15) is 84.5 Å². The van der Waals surface area contributed by atoms with Crippen LogP contribution in [0.1, 0.15) is 43.0 Å². The summed E-state index contributed by atoms with van der Waals surface area (Å²) in [6.07, 6.45) is 23.7. The number of hydrogen-bond donors (Lipinski definition) is 4. The van der Waals surface area contributed by atoms with E-state index in [9.17, 15) is 60.0 Å². The first-order chi connectivity index (χ1) is 59.4. The summed E-state index contributed by atoms with van der Waals surface area (Å²) in [7, 11) is -12.8. The Bertz CT molecular complexity index is 7590. The van der Waals surface area contributed by atoms with E-state index in [1.807, 2.05) is 6.92 Å². The quantitative estimate of drug-likeness (QED) is 0.0332. The van der Waals surface area contributed by atoms with Crippen molar-refractivity contribution in [1.29, 1.82) is 0 Å². The van der Waals surface area contributed by atoms with Gasteiger partial charge in [0.25, 0.3) is 40.1 Å². The molecule has 16 rings (SSSR count). The van der Waals surface area contributed by atoms with Crippen LogP contribution in [0.2, 0.25) is 5.15 Å². The number of hydrogen-bond acceptors (Lipinski definition) is 23. The van der Waals surface area contributed by atoms with Gasteiger partial charge in [-0.3, -0.25) is 18.9 Å². The summed E-state index contributed by atoms with van der Waals surface area (Å²) in [4.78, 5) is 31.6. The van der Waals surface area contributed by atoms with Crippen molar-refractivity contribution in [2.75, 3.05) is 40.2 Å². The zero-order valence-electron chi connectivity index (χ0n) is 64.4. The van der Waals surface area contributed by atoms with Gasteiger partial charge in [0, 0.05) is 65.6 Å². The predicted molar refractivity (Wildman–Crippen MR) is 444 cm³/mol. The summed E-state index contributed by atoms with van der Waals surface area (Å²) in [5.74, 6) is 11.3. The third kappa shape index (κ3) is 19.3. The molecule has 16 aromatic rings. The molecule has 0 spiro atoms. The first kappa shape index (κ1) is 86.3. The SMILES string of the molecule is C#Cc1cnc2ccc(-c3cnc(Cl)c(NS(=O)(=O)c4ccc(F)cc4)c3)nn12.C#Cc1cnc2ccc(-c3cnc(OC)c(NS(=O)(=O)c4ccc(F)cc4F)c3)nn12.CC#Cc1cnc2ccc(-c3cnc(OC)c(NS(=O)(=O)c4ccc(F)cc4)c3)nn12.CCC#Cc1cnc2ccc(-c3cnc(OC)c(NS(=O)(=O)c4ccc(F)cc4F)c3)nn12. The Balaban J connectivity index is 0.000000142. The lowest BCUT2D eigenvalue weighted by Crippen LogP contribution is -2.16. The van der Waals surface area contributed by atoms with Gasteiger partial charge >= 0.3 is 0 Å². The van der Waals surface area contributed by atoms with Crippen LogP contribution in [0.4, 0.5) is 49.1 Å². The average molecular weight is 1780 g/mol. The number of fused-ring (bicyclic) bond motifs is 4. The molecule has 0 unspecified atom stereocenters. The number of rotatable bonds is 19. The Morgan fingerprint density at radius 1 is 0.371 bits per heavy atom. The molecule has 4 N–H and O–H groups in total. The minimum atomic E-state index is -4.40. The number of halogens is 7. The molecular weight excluding hydrogens is 1720 g/mol. The molecule has 0 saturated heterocycles. The van der Waals surface area contributed by atoms with Gasteiger partial charge in [-0.05, 0) is 176 Å². The van der Waals surface area contributed by atoms with Crippen molar-refractivity contribution >= 4 is 97.0 Å². The standard InChI is InChI=1S/C22H17F2N5O3S.C21H16FN5O3S.C20H13F2N5O3S.C19H11ClFN5O2S/c1-3-4-5-16-13-25-21-9-7-18(27-29(16)21)14-10-19(22(32-2)26-12-14)28-33(30,31)20-8-6-15(23)11-17(20)24;1-3-4-16-13-23-20-10-9-18(25-27(16)20)14-11-19(21(30-2)24-12-14)26-31(28,29)17-7-5-15(22)6-8-17;1-3-14-11-23-19-7-5-16(25-27(14)19)12-8-17(20(30-2)24-10-12)26-31(28,29)18-6-4-13(21)9-15(18)22;1-2-14-11-22-18-8-7-16(24-26(14)18)12-9-17(19(20)23-10-12)25-29(27,28)15-5-3-13(21)4-6-15/h6-13,28H,3H2,1-2H3;5-13,26H,1-2H3;1,4-11,26H,2H3;1,3-11,25H. The maximum atomic E-state index is 14.1. The van der Waals surface area contributed by atoms with Crippen molar-refractivity contribution in [3.05, 3.63) is 270 Å². The third-order valence-electron chi connectivity index (χ3n) is 17.1. The number of nitrogens with zero attached hydrogens (tertiary/aromatic N) is 16. The van der Waals surface area contributed by atoms with Gasteiger partial charge in [-0.15, -0.1) is 12.8 Å². The fraction of sp³-hybridized carbons (Fsp3) is 0.0732. The molecule has 0 saturated carbocycles. The number of anilines is 4. The van der Waals surface area contributed by atoms with E-state index in [1.165, 1.54) is 97.9 Å². The Kier molecular flexibility index (Phi) is 25.5. The van der Waals surface area contributed by atoms with Crippen molar-refractivity contribution in [3.8, 4) is 111 Å². The molecule has 0 radical (unpaired) electrons. The van der Waals surface area contributed by atoms with E-state index < -0.39 is 84.8 Å². The van der Waals surface area contributed by atoms with Gasteiger partial charge in [0.05, 0.1) is 84.4 Å². The number of terminal acetylenes is 2. The number of sulfonamides is 4. The molecule has 0 aliphatic heterocycles. The molecule has 12 heterocycles. The molecule has 12 aromatic heterocycles. The van der Waals surface area contributed by atoms with Gasteiger partial charge in [-0.25, -0.2) is 118 Å². The molecule has 0 aliphatic carbocycles. The molecule has 624 valence electrons. The minimum absolute atomic E-state index is 0.0388. The lowest BCUT2D eigenvalue weighted by Gasteiger charge is -2.13. The lowest BCUT2D eigenvalue weighted by atomic mass is 10.2. The monoisotopic (exact) mass is 1770 g/mol. The van der Waals surface area contributed by atoms with Crippen LogP contribution in [0.15, 0.2) is 227 Å². The highest BCUT2D eigenvalue weighted by atomic mass is 35.5. The maximum absolute atomic E-state index is 14.1. The summed E-state index contributed by atoms with van der Waals surface area (Å²) in [6.45, 7) is 3.65. The topological polar surface area (TPSA) is 385 Å². The number of imidazole rings is 4. The molecule has 42 heteroatoms. The summed E-state index contributed by atoms with van der Waals surface area (Å²) in [5, 5.41) is 17.8. The van der Waals surface area contributed by atoms with Crippen LogP contribution in [0.25, 0.3) is 67.6 Å². The lowest BCUT2D eigenvalue weighted by molar-refractivity contribution is 0.400. The molecule has 0 atom stereocenters. The highest BCUT2D eigenvalue weighted by Crippen LogP contribution is 2.35. The van der Waals surface area contributed by atoms with Crippen LogP contribution in [0.3, 0.4) is 0 Å². The first-order valence-electron chi connectivity index (χ1n) is 35.5. The molecule has 0 bridgehead atoms. The van der Waals surface area contributed by atoms with Crippen molar-refractivity contribution in [3.63, 3.8) is 0 Å². The summed E-state index contributed by atoms with van der Waals surface area (Å²) in [5.41, 5.74) is 8.35. The zero-order valence-corrected chi connectivity index (χ0v) is 68.4. The molecular formula is C82H57ClF6N20O11S4. The minimum Gasteiger partial charge on any atom is -0.480 e. The largest absolute Gasteiger partial charge is 0.480 e. The molecule has 0 aliphatic rings. The van der Waals surface area contributed by atoms with Gasteiger partial charge < -0.3 is 14.2 Å². The predicted octanol–water partition coefficient (Wildman–Crippen LogP) is 13.0. The molecule has 31 nitrogen and oxygen atoms in total. The highest BCUT2D eigenvalue weighted by Gasteiger charge is 2.27. The van der Waals surface area contributed by atoms with Crippen LogP contribution < -0.4 is 33.1 Å². The van der Waals surface area contributed by atoms with Gasteiger partial charge in [-0.1, -0.05) is 30.4 Å². The number of benzene rings is 4. The number of ether oxygens (including phenoxy) is 3. The van der Waals surface area contributed by atoms with Crippen molar-refractivity contribution in [2.45, 2.75) is 39.9 Å². The summed E-state index contributed by atoms with van der Waals surface area (Å²) < 4.78 is 213. The van der Waals surface area contributed by atoms with E-state index in [1.54, 1.807) is 82.9 Å². The van der Waals surface area contributed by atoms with E-state index in [-0.39, 0.29) is 55.3 Å². The molecule has 0 fully saturated rings. The number of nitrogens with one attached hydrogen (secondary N) is 4. The zero-order chi connectivity index (χ0) is 88.4. The van der Waals surface area contributed by atoms with Crippen molar-refractivity contribution < 1.29 is 74.2 Å². The van der Waals surface area contributed by atoms with Crippen LogP contribution in [0.5, 0.6) is 17.6 Å². The van der Waals surface area contributed by atoms with Crippen LogP contribution >= 0.6 is 11.6 Å². The average Bonchev–Trinajstić information content (AvgIpc) is 1.42. The van der Waals surface area contributed by atoms with Crippen LogP contribution in [-0.2, 0) is 40.1 Å². The van der Waals surface area contributed by atoms with E-state index in [0.717, 1.165) is 60.7 Å². The highest BCUT2D eigenvalue weighted by molar-refractivity contribution is 7.93. The second-order valence-corrected chi connectivity index (χ2v) is 32.3. The summed E-state index contributed by atoms with van der Waals surface area (Å²) in [6, 6.07) is 32.9. The van der Waals surface area contributed by atoms with Gasteiger partial charge in [0.15, 0.2) is 27.7 Å². The summed E-state index contributed by atoms with van der Waals surface area (Å²) >= 11 is 6.07. The maximum Gasteiger partial charge on any atom is 0.264 e. The fourth-order valence-corrected chi connectivity index (χ4v) is 15.9. The Morgan fingerprint density at radius 2 is 0.677 bits per heavy atom. The smallest absolute Gasteiger partial charge is 0.264 e. The van der Waals surface area contributed by atoms with Crippen LogP contribution in [-0.4, -0.2) is 133 Å². The van der Waals surface area contributed by atoms with Crippen molar-refractivity contribution in [1.82, 2.24) is 78.3 Å². The van der Waals surface area contributed by atoms with Crippen molar-refractivity contribution in [2.24, 2.45) is 0 Å². The number of methoxy groups -OCH3 is 3. The van der Waals surface area contributed by atoms with Gasteiger partial charge in [-0.2, -0.15) is 20.4 Å². The van der Waals surface area contributed by atoms with E-state index in [4.69, 9.17) is 38.7 Å². The second-order valence-electron chi connectivity index (χ2n) is 25.2. The van der Waals surface area contributed by atoms with E-state index in [0.29, 0.717) is 109 Å². The molecule has 124 heavy (non-hydrogen) atoms. The normalized spacial score (nSPS) is 11.2. The number of aromatic nitrogens is 16. The molecule has 0 amide bonds. The Morgan fingerprint density at radius 3 is 1.01 bits per heavy atom. The molecule has 4 aromatic carbocycles. The van der Waals surface area contributed by atoms with E-state index in [2.05, 4.69) is 115 Å². The Labute approximate surface area is 706 Å². The number of pyridine rings is 4. The van der Waals surface area contributed by atoms with Crippen LogP contribution in [0, 0.1) is 83.3 Å². The van der Waals surface area contributed by atoms with E-state index >= 15 is 0 Å². The first-order valence-corrected chi connectivity index (χ1v) is 41.8. The van der Waals surface area contributed by atoms with Gasteiger partial charge in [0.2, 0.25) is 17.6 Å². The third-order valence-corrected chi connectivity index (χ3v) is 23.0. The second kappa shape index (κ2) is 36.6. The Hall–Kier alpha value is -15.5. The fourth-order valence-electron chi connectivity index (χ4n) is 11.3.